The topological polar surface area (TPSA) is 40.5 Å². The number of nitrogens with zero attached hydrogens (tertiary/aromatic N) is 1. The van der Waals surface area contributed by atoms with Gasteiger partial charge in [0.05, 0.1) is 6.10 Å². The third-order valence-electron chi connectivity index (χ3n) is 3.20. The third-order valence-corrected chi connectivity index (χ3v) is 3.20. The van der Waals surface area contributed by atoms with Gasteiger partial charge in [-0.25, -0.2) is 0 Å². The molecule has 1 amide bonds. The Morgan fingerprint density at radius 1 is 1.47 bits per heavy atom. The van der Waals surface area contributed by atoms with Crippen molar-refractivity contribution >= 4 is 5.91 Å². The van der Waals surface area contributed by atoms with Crippen molar-refractivity contribution < 1.29 is 9.90 Å². The molecule has 1 heterocycles. The molecule has 1 fully saturated rings. The number of rotatable bonds is 4. The lowest BCUT2D eigenvalue weighted by Gasteiger charge is -2.18. The minimum absolute atomic E-state index is 0.256. The molecular weight excluding hydrogens is 190 g/mol. The highest BCUT2D eigenvalue weighted by atomic mass is 16.3. The van der Waals surface area contributed by atoms with Gasteiger partial charge >= 0.3 is 0 Å². The predicted octanol–water partition coefficient (Wildman–Crippen LogP) is 1.65. The van der Waals surface area contributed by atoms with Crippen LogP contribution < -0.4 is 0 Å². The lowest BCUT2D eigenvalue weighted by molar-refractivity contribution is -0.130. The van der Waals surface area contributed by atoms with Crippen LogP contribution in [0.2, 0.25) is 0 Å². The molecule has 1 saturated heterocycles. The summed E-state index contributed by atoms with van der Waals surface area (Å²) in [5.41, 5.74) is 0. The van der Waals surface area contributed by atoms with Crippen LogP contribution in [0.5, 0.6) is 0 Å². The number of carbonyl (C=O) groups is 1. The highest BCUT2D eigenvalue weighted by Crippen LogP contribution is 2.20. The van der Waals surface area contributed by atoms with E-state index in [0.717, 1.165) is 25.9 Å². The summed E-state index contributed by atoms with van der Waals surface area (Å²) in [5.74, 6) is 1.13. The minimum atomic E-state index is -0.284. The van der Waals surface area contributed by atoms with E-state index in [1.165, 1.54) is 0 Å². The normalized spacial score (nSPS) is 23.5. The molecule has 2 atom stereocenters. The lowest BCUT2D eigenvalue weighted by atomic mass is 10.0. The second-order valence-corrected chi connectivity index (χ2v) is 5.06. The first-order chi connectivity index (χ1) is 7.00. The van der Waals surface area contributed by atoms with Crippen LogP contribution in [0.25, 0.3) is 0 Å². The summed E-state index contributed by atoms with van der Waals surface area (Å²) in [4.78, 5) is 13.7. The number of aliphatic hydroxyl groups excluding tert-OH is 1. The maximum absolute atomic E-state index is 11.8. The van der Waals surface area contributed by atoms with E-state index in [1.807, 2.05) is 11.8 Å². The Morgan fingerprint density at radius 3 is 2.60 bits per heavy atom. The maximum Gasteiger partial charge on any atom is 0.222 e. The number of hydrogen-bond acceptors (Lipinski definition) is 2. The Morgan fingerprint density at radius 2 is 2.13 bits per heavy atom. The van der Waals surface area contributed by atoms with E-state index < -0.39 is 0 Å². The van der Waals surface area contributed by atoms with Gasteiger partial charge in [-0.2, -0.15) is 0 Å². The quantitative estimate of drug-likeness (QED) is 0.771. The molecule has 0 bridgehead atoms. The zero-order chi connectivity index (χ0) is 11.4. The molecule has 2 unspecified atom stereocenters. The minimum Gasteiger partial charge on any atom is -0.393 e. The molecule has 15 heavy (non-hydrogen) atoms. The van der Waals surface area contributed by atoms with Gasteiger partial charge in [0.2, 0.25) is 5.91 Å². The van der Waals surface area contributed by atoms with Crippen LogP contribution in [-0.2, 0) is 4.79 Å². The number of amides is 1. The summed E-state index contributed by atoms with van der Waals surface area (Å²) in [6.07, 6.45) is 2.29. The molecule has 0 aromatic rings. The molecule has 1 aliphatic heterocycles. The average Bonchev–Trinajstić information content (AvgIpc) is 2.62. The molecule has 0 aliphatic carbocycles. The van der Waals surface area contributed by atoms with Crippen molar-refractivity contribution in [3.63, 3.8) is 0 Å². The lowest BCUT2D eigenvalue weighted by Crippen LogP contribution is -2.30. The first-order valence-corrected chi connectivity index (χ1v) is 5.96. The van der Waals surface area contributed by atoms with E-state index >= 15 is 0 Å². The summed E-state index contributed by atoms with van der Waals surface area (Å²) in [6.45, 7) is 7.65. The van der Waals surface area contributed by atoms with Crippen LogP contribution in [0.3, 0.4) is 0 Å². The van der Waals surface area contributed by atoms with Crippen molar-refractivity contribution in [2.45, 2.75) is 46.1 Å². The fourth-order valence-electron chi connectivity index (χ4n) is 1.98. The zero-order valence-corrected chi connectivity index (χ0v) is 10.1. The molecular formula is C12H23NO2. The molecule has 0 aromatic carbocycles. The van der Waals surface area contributed by atoms with Gasteiger partial charge in [0.1, 0.15) is 0 Å². The number of hydrogen-bond donors (Lipinski definition) is 1. The van der Waals surface area contributed by atoms with E-state index in [1.54, 1.807) is 0 Å². The molecule has 1 N–H and O–H groups in total. The molecule has 0 radical (unpaired) electrons. The van der Waals surface area contributed by atoms with Crippen molar-refractivity contribution in [2.24, 2.45) is 11.8 Å². The van der Waals surface area contributed by atoms with Crippen molar-refractivity contribution in [1.82, 2.24) is 4.90 Å². The van der Waals surface area contributed by atoms with Gasteiger partial charge in [-0.3, -0.25) is 4.79 Å². The molecule has 0 spiro atoms. The van der Waals surface area contributed by atoms with E-state index in [0.29, 0.717) is 12.3 Å². The monoisotopic (exact) mass is 213 g/mol. The molecule has 1 aliphatic rings. The number of carbonyl (C=O) groups excluding carboxylic acids is 1. The van der Waals surface area contributed by atoms with Crippen molar-refractivity contribution in [3.05, 3.63) is 0 Å². The van der Waals surface area contributed by atoms with E-state index in [-0.39, 0.29) is 17.9 Å². The summed E-state index contributed by atoms with van der Waals surface area (Å²) >= 11 is 0. The van der Waals surface area contributed by atoms with Crippen LogP contribution in [-0.4, -0.2) is 35.1 Å². The van der Waals surface area contributed by atoms with Crippen LogP contribution in [0.15, 0.2) is 0 Å². The van der Waals surface area contributed by atoms with E-state index in [9.17, 15) is 9.90 Å². The predicted molar refractivity (Wildman–Crippen MR) is 60.4 cm³/mol. The second kappa shape index (κ2) is 5.50. The van der Waals surface area contributed by atoms with Gasteiger partial charge in [-0.1, -0.05) is 13.8 Å². The zero-order valence-electron chi connectivity index (χ0n) is 10.1. The van der Waals surface area contributed by atoms with Gasteiger partial charge in [-0.05, 0) is 25.7 Å². The fourth-order valence-corrected chi connectivity index (χ4v) is 1.98. The maximum atomic E-state index is 11.8. The molecule has 88 valence electrons. The summed E-state index contributed by atoms with van der Waals surface area (Å²) < 4.78 is 0. The van der Waals surface area contributed by atoms with Crippen molar-refractivity contribution in [3.8, 4) is 0 Å². The molecule has 3 nitrogen and oxygen atoms in total. The molecule has 3 heteroatoms. The first kappa shape index (κ1) is 12.5. The van der Waals surface area contributed by atoms with Gasteiger partial charge in [0.25, 0.3) is 0 Å². The van der Waals surface area contributed by atoms with E-state index in [4.69, 9.17) is 0 Å². The fraction of sp³-hybridized carbons (Fsp3) is 0.917. The number of likely N-dealkylation sites (tertiary alicyclic amines) is 1. The van der Waals surface area contributed by atoms with E-state index in [2.05, 4.69) is 13.8 Å². The van der Waals surface area contributed by atoms with Gasteiger partial charge in [0, 0.05) is 25.4 Å². The Labute approximate surface area is 92.5 Å². The largest absolute Gasteiger partial charge is 0.393 e. The second-order valence-electron chi connectivity index (χ2n) is 5.06. The number of aliphatic hydroxyl groups is 1. The van der Waals surface area contributed by atoms with Crippen LogP contribution >= 0.6 is 0 Å². The molecule has 0 saturated carbocycles. The Kier molecular flexibility index (Phi) is 4.58. The third kappa shape index (κ3) is 3.82. The molecule has 0 aromatic heterocycles. The van der Waals surface area contributed by atoms with Crippen molar-refractivity contribution in [1.29, 1.82) is 0 Å². The standard InChI is InChI=1S/C12H23NO2/c1-9(2)4-5-12(15)13-7-6-11(8-13)10(3)14/h9-11,14H,4-8H2,1-3H3. The van der Waals surface area contributed by atoms with Gasteiger partial charge < -0.3 is 10.0 Å². The SMILES string of the molecule is CC(C)CCC(=O)N1CCC(C(C)O)C1. The summed E-state index contributed by atoms with van der Waals surface area (Å²) in [6, 6.07) is 0. The summed E-state index contributed by atoms with van der Waals surface area (Å²) in [5, 5.41) is 9.43. The van der Waals surface area contributed by atoms with Gasteiger partial charge in [0.15, 0.2) is 0 Å². The highest BCUT2D eigenvalue weighted by molar-refractivity contribution is 5.76. The van der Waals surface area contributed by atoms with Gasteiger partial charge in [-0.15, -0.1) is 0 Å². The molecule has 1 rings (SSSR count). The first-order valence-electron chi connectivity index (χ1n) is 5.96. The van der Waals surface area contributed by atoms with Crippen LogP contribution in [0.4, 0.5) is 0 Å². The average molecular weight is 213 g/mol. The smallest absolute Gasteiger partial charge is 0.222 e. The van der Waals surface area contributed by atoms with Crippen LogP contribution in [0, 0.1) is 11.8 Å². The Bertz CT molecular complexity index is 214. The summed E-state index contributed by atoms with van der Waals surface area (Å²) in [7, 11) is 0. The van der Waals surface area contributed by atoms with Crippen molar-refractivity contribution in [2.75, 3.05) is 13.1 Å². The Hall–Kier alpha value is -0.570. The Balaban J connectivity index is 2.30. The van der Waals surface area contributed by atoms with Crippen LogP contribution in [0.1, 0.15) is 40.0 Å². The highest BCUT2D eigenvalue weighted by Gasteiger charge is 2.28.